The van der Waals surface area contributed by atoms with Crippen LogP contribution in [0, 0.1) is 5.82 Å². The highest BCUT2D eigenvalue weighted by atomic mass is 19.1. The molecule has 0 radical (unpaired) electrons. The molecular weight excluding hydrogens is 281 g/mol. The number of hydrogen-bond donors (Lipinski definition) is 2. The van der Waals surface area contributed by atoms with Gasteiger partial charge in [0.15, 0.2) is 0 Å². The predicted octanol–water partition coefficient (Wildman–Crippen LogP) is 2.06. The van der Waals surface area contributed by atoms with Gasteiger partial charge in [-0.05, 0) is 42.3 Å². The zero-order chi connectivity index (χ0) is 15.6. The molecule has 1 amide bonds. The topological polar surface area (TPSA) is 54.0 Å². The van der Waals surface area contributed by atoms with Gasteiger partial charge in [-0.25, -0.2) is 4.39 Å². The molecule has 2 aromatic rings. The standard InChI is InChI=1S/C17H20FN3O/c18-16-5-3-14(4-6-16)7-10-19-11-8-17(22)21-13-15-2-1-9-20-12-15/h1-6,9,12,19H,7-8,10-11,13H2,(H,21,22). The maximum absolute atomic E-state index is 12.7. The van der Waals surface area contributed by atoms with Crippen LogP contribution in [0.1, 0.15) is 17.5 Å². The fourth-order valence-corrected chi connectivity index (χ4v) is 2.00. The van der Waals surface area contributed by atoms with E-state index >= 15 is 0 Å². The summed E-state index contributed by atoms with van der Waals surface area (Å²) >= 11 is 0. The number of halogens is 1. The maximum atomic E-state index is 12.7. The Hall–Kier alpha value is -2.27. The van der Waals surface area contributed by atoms with Crippen molar-refractivity contribution in [1.82, 2.24) is 15.6 Å². The molecule has 0 saturated heterocycles. The van der Waals surface area contributed by atoms with Gasteiger partial charge in [0, 0.05) is 31.9 Å². The third-order valence-corrected chi connectivity index (χ3v) is 3.25. The number of rotatable bonds is 8. The number of benzene rings is 1. The lowest BCUT2D eigenvalue weighted by Gasteiger charge is -2.06. The van der Waals surface area contributed by atoms with E-state index in [1.54, 1.807) is 24.5 Å². The van der Waals surface area contributed by atoms with E-state index in [2.05, 4.69) is 15.6 Å². The summed E-state index contributed by atoms with van der Waals surface area (Å²) in [5.74, 6) is -0.208. The molecule has 1 aromatic carbocycles. The van der Waals surface area contributed by atoms with Crippen LogP contribution in [0.15, 0.2) is 48.8 Å². The maximum Gasteiger partial charge on any atom is 0.221 e. The van der Waals surface area contributed by atoms with Crippen LogP contribution >= 0.6 is 0 Å². The first-order valence-corrected chi connectivity index (χ1v) is 7.35. The van der Waals surface area contributed by atoms with Gasteiger partial charge in [0.25, 0.3) is 0 Å². The molecule has 0 saturated carbocycles. The van der Waals surface area contributed by atoms with Crippen molar-refractivity contribution in [1.29, 1.82) is 0 Å². The molecule has 1 heterocycles. The Labute approximate surface area is 129 Å². The van der Waals surface area contributed by atoms with Gasteiger partial charge in [0.1, 0.15) is 5.82 Å². The average Bonchev–Trinajstić information content (AvgIpc) is 2.55. The molecule has 5 heteroatoms. The second kappa shape index (κ2) is 8.89. The van der Waals surface area contributed by atoms with Crippen LogP contribution in [0.3, 0.4) is 0 Å². The minimum atomic E-state index is -0.220. The first kappa shape index (κ1) is 16.1. The second-order valence-electron chi connectivity index (χ2n) is 5.01. The first-order valence-electron chi connectivity index (χ1n) is 7.35. The summed E-state index contributed by atoms with van der Waals surface area (Å²) in [4.78, 5) is 15.7. The molecule has 4 nitrogen and oxygen atoms in total. The van der Waals surface area contributed by atoms with E-state index in [4.69, 9.17) is 0 Å². The molecule has 0 fully saturated rings. The van der Waals surface area contributed by atoms with Crippen molar-refractivity contribution in [3.63, 3.8) is 0 Å². The van der Waals surface area contributed by atoms with Gasteiger partial charge in [-0.3, -0.25) is 9.78 Å². The molecule has 0 spiro atoms. The molecule has 2 N–H and O–H groups in total. The molecule has 22 heavy (non-hydrogen) atoms. The van der Waals surface area contributed by atoms with E-state index in [0.29, 0.717) is 19.5 Å². The zero-order valence-corrected chi connectivity index (χ0v) is 12.4. The minimum Gasteiger partial charge on any atom is -0.352 e. The molecule has 0 bridgehead atoms. The van der Waals surface area contributed by atoms with E-state index < -0.39 is 0 Å². The summed E-state index contributed by atoms with van der Waals surface area (Å²) in [6, 6.07) is 10.2. The smallest absolute Gasteiger partial charge is 0.221 e. The van der Waals surface area contributed by atoms with Crippen molar-refractivity contribution >= 4 is 5.91 Å². The molecule has 0 aliphatic heterocycles. The Bertz CT molecular complexity index is 572. The monoisotopic (exact) mass is 301 g/mol. The number of carbonyl (C=O) groups is 1. The van der Waals surface area contributed by atoms with E-state index in [1.165, 1.54) is 12.1 Å². The number of nitrogens with one attached hydrogen (secondary N) is 2. The van der Waals surface area contributed by atoms with Gasteiger partial charge in [0.05, 0.1) is 0 Å². The van der Waals surface area contributed by atoms with Gasteiger partial charge in [-0.2, -0.15) is 0 Å². The number of carbonyl (C=O) groups excluding carboxylic acids is 1. The third-order valence-electron chi connectivity index (χ3n) is 3.25. The molecule has 0 aliphatic carbocycles. The second-order valence-corrected chi connectivity index (χ2v) is 5.01. The number of hydrogen-bond acceptors (Lipinski definition) is 3. The average molecular weight is 301 g/mol. The Morgan fingerprint density at radius 3 is 2.64 bits per heavy atom. The van der Waals surface area contributed by atoms with Crippen molar-refractivity contribution in [2.24, 2.45) is 0 Å². The SMILES string of the molecule is O=C(CCNCCc1ccc(F)cc1)NCc1cccnc1. The van der Waals surface area contributed by atoms with Crippen LogP contribution in [0.5, 0.6) is 0 Å². The lowest BCUT2D eigenvalue weighted by atomic mass is 10.1. The van der Waals surface area contributed by atoms with Gasteiger partial charge in [-0.1, -0.05) is 18.2 Å². The van der Waals surface area contributed by atoms with Crippen LogP contribution in [-0.2, 0) is 17.8 Å². The number of pyridine rings is 1. The Balaban J connectivity index is 1.54. The van der Waals surface area contributed by atoms with Crippen molar-refractivity contribution in [3.05, 3.63) is 65.7 Å². The summed E-state index contributed by atoms with van der Waals surface area (Å²) in [6.07, 6.45) is 4.69. The number of amides is 1. The molecular formula is C17H20FN3O. The normalized spacial score (nSPS) is 10.4. The quantitative estimate of drug-likeness (QED) is 0.734. The Morgan fingerprint density at radius 1 is 1.09 bits per heavy atom. The van der Waals surface area contributed by atoms with Crippen molar-refractivity contribution < 1.29 is 9.18 Å². The zero-order valence-electron chi connectivity index (χ0n) is 12.4. The van der Waals surface area contributed by atoms with E-state index in [1.807, 2.05) is 12.1 Å². The summed E-state index contributed by atoms with van der Waals surface area (Å²) < 4.78 is 12.7. The lowest BCUT2D eigenvalue weighted by Crippen LogP contribution is -2.28. The fraction of sp³-hybridized carbons (Fsp3) is 0.294. The molecule has 0 atom stereocenters. The van der Waals surface area contributed by atoms with Crippen LogP contribution in [0.2, 0.25) is 0 Å². The molecule has 0 aliphatic rings. The summed E-state index contributed by atoms with van der Waals surface area (Å²) in [5, 5.41) is 6.06. The number of nitrogens with zero attached hydrogens (tertiary/aromatic N) is 1. The lowest BCUT2D eigenvalue weighted by molar-refractivity contribution is -0.121. The molecule has 2 rings (SSSR count). The van der Waals surface area contributed by atoms with E-state index in [-0.39, 0.29) is 11.7 Å². The van der Waals surface area contributed by atoms with Crippen LogP contribution < -0.4 is 10.6 Å². The van der Waals surface area contributed by atoms with E-state index in [9.17, 15) is 9.18 Å². The summed E-state index contributed by atoms with van der Waals surface area (Å²) in [6.45, 7) is 1.89. The van der Waals surface area contributed by atoms with E-state index in [0.717, 1.165) is 24.1 Å². The van der Waals surface area contributed by atoms with Crippen molar-refractivity contribution in [2.75, 3.05) is 13.1 Å². The van der Waals surface area contributed by atoms with Gasteiger partial charge >= 0.3 is 0 Å². The van der Waals surface area contributed by atoms with Crippen LogP contribution in [0.25, 0.3) is 0 Å². The van der Waals surface area contributed by atoms with Gasteiger partial charge in [0.2, 0.25) is 5.91 Å². The fourth-order valence-electron chi connectivity index (χ4n) is 2.00. The minimum absolute atomic E-state index is 0.0122. The largest absolute Gasteiger partial charge is 0.352 e. The number of aromatic nitrogens is 1. The van der Waals surface area contributed by atoms with Crippen molar-refractivity contribution in [3.8, 4) is 0 Å². The van der Waals surface area contributed by atoms with Gasteiger partial charge in [-0.15, -0.1) is 0 Å². The predicted molar refractivity (Wildman–Crippen MR) is 83.7 cm³/mol. The molecule has 1 aromatic heterocycles. The third kappa shape index (κ3) is 6.01. The Kier molecular flexibility index (Phi) is 6.51. The summed E-state index contributed by atoms with van der Waals surface area (Å²) in [5.41, 5.74) is 2.06. The van der Waals surface area contributed by atoms with Crippen molar-refractivity contribution in [2.45, 2.75) is 19.4 Å². The first-order chi connectivity index (χ1) is 10.7. The molecule has 116 valence electrons. The molecule has 0 unspecified atom stereocenters. The Morgan fingerprint density at radius 2 is 1.91 bits per heavy atom. The highest BCUT2D eigenvalue weighted by Gasteiger charge is 2.01. The summed E-state index contributed by atoms with van der Waals surface area (Å²) in [7, 11) is 0. The van der Waals surface area contributed by atoms with Crippen LogP contribution in [0.4, 0.5) is 4.39 Å². The highest BCUT2D eigenvalue weighted by Crippen LogP contribution is 2.02. The van der Waals surface area contributed by atoms with Crippen LogP contribution in [-0.4, -0.2) is 24.0 Å². The van der Waals surface area contributed by atoms with Gasteiger partial charge < -0.3 is 10.6 Å². The highest BCUT2D eigenvalue weighted by molar-refractivity contribution is 5.76.